The highest BCUT2D eigenvalue weighted by Gasteiger charge is 2.52. The maximum Gasteiger partial charge on any atom is 0.407 e. The van der Waals surface area contributed by atoms with Crippen LogP contribution in [-0.2, 0) is 24.3 Å². The second kappa shape index (κ2) is 9.04. The summed E-state index contributed by atoms with van der Waals surface area (Å²) in [4.78, 5) is 24.3. The highest BCUT2D eigenvalue weighted by Crippen LogP contribution is 2.53. The van der Waals surface area contributed by atoms with Crippen molar-refractivity contribution < 1.29 is 32.0 Å². The number of carbonyl (C=O) groups excluding carboxylic acids is 2. The molecule has 11 heteroatoms. The van der Waals surface area contributed by atoms with E-state index in [0.29, 0.717) is 31.0 Å². The largest absolute Gasteiger partial charge is 0.673 e. The predicted molar refractivity (Wildman–Crippen MR) is 113 cm³/mol. The van der Waals surface area contributed by atoms with Gasteiger partial charge in [0.25, 0.3) is 16.1 Å². The minimum absolute atomic E-state index is 0.131. The Kier molecular flexibility index (Phi) is 7.03. The van der Waals surface area contributed by atoms with E-state index in [2.05, 4.69) is 10.5 Å². The summed E-state index contributed by atoms with van der Waals surface area (Å²) in [5.41, 5.74) is -1.33. The van der Waals surface area contributed by atoms with Gasteiger partial charge in [-0.05, 0) is 33.1 Å². The fourth-order valence-corrected chi connectivity index (χ4v) is 6.66. The zero-order chi connectivity index (χ0) is 22.0. The smallest absolute Gasteiger partial charge is 0.407 e. The molecule has 0 saturated carbocycles. The molecule has 30 heavy (non-hydrogen) atoms. The van der Waals surface area contributed by atoms with Crippen LogP contribution in [0.2, 0.25) is 11.6 Å². The van der Waals surface area contributed by atoms with Gasteiger partial charge in [0.2, 0.25) is 6.48 Å². The lowest BCUT2D eigenvalue weighted by molar-refractivity contribution is -0.134. The van der Waals surface area contributed by atoms with Gasteiger partial charge in [-0.15, -0.1) is 11.6 Å². The Labute approximate surface area is 178 Å². The highest BCUT2D eigenvalue weighted by molar-refractivity contribution is 7.85. The molecule has 1 spiro atoms. The van der Waals surface area contributed by atoms with Crippen LogP contribution in [0.3, 0.4) is 0 Å². The molecule has 172 valence electrons. The first kappa shape index (κ1) is 23.3. The number of unbranched alkanes of at least 4 members (excludes halogenated alkanes) is 1. The van der Waals surface area contributed by atoms with Crippen LogP contribution in [0.4, 0.5) is 4.79 Å². The van der Waals surface area contributed by atoms with E-state index < -0.39 is 34.0 Å². The number of hydrogen-bond acceptors (Lipinski definition) is 7. The molecule has 3 fully saturated rings. The fourth-order valence-electron chi connectivity index (χ4n) is 5.72. The van der Waals surface area contributed by atoms with Gasteiger partial charge in [0.05, 0.1) is 6.04 Å². The standard InChI is InChI=1S/C19H34BN2O7S/c1-19(2,13-30(25,26)27)28-18(24)21-12-4-3-11-16-17(23)29-20(22-16)14-7-5-8-15(20)10-6-9-14/h14-16,22H,3-13H2,1-2H3,(H,21,24)(H,25,26,27)/q-1/t14?,15?,16-,20?/m0/s1. The number of hydrogen-bond donors (Lipinski definition) is 3. The number of amides is 1. The van der Waals surface area contributed by atoms with Crippen molar-refractivity contribution in [3.05, 3.63) is 0 Å². The summed E-state index contributed by atoms with van der Waals surface area (Å²) in [7, 11) is -4.24. The van der Waals surface area contributed by atoms with E-state index in [-0.39, 0.29) is 12.0 Å². The molecule has 0 aromatic heterocycles. The molecule has 0 radical (unpaired) electrons. The normalized spacial score (nSPS) is 31.4. The Balaban J connectivity index is 1.38. The first-order chi connectivity index (χ1) is 14.0. The van der Waals surface area contributed by atoms with Crippen molar-refractivity contribution in [2.45, 2.75) is 94.9 Å². The van der Waals surface area contributed by atoms with E-state index in [1.807, 2.05) is 0 Å². The van der Waals surface area contributed by atoms with Crippen molar-refractivity contribution in [2.75, 3.05) is 12.3 Å². The van der Waals surface area contributed by atoms with Gasteiger partial charge in [0.1, 0.15) is 11.4 Å². The zero-order valence-corrected chi connectivity index (χ0v) is 18.7. The number of alkyl carbamates (subject to hydrolysis) is 1. The summed E-state index contributed by atoms with van der Waals surface area (Å²) in [5, 5.41) is 6.19. The Morgan fingerprint density at radius 2 is 1.83 bits per heavy atom. The summed E-state index contributed by atoms with van der Waals surface area (Å²) in [6, 6.07) is -0.271. The molecular formula is C19H34BN2O7S-. The van der Waals surface area contributed by atoms with E-state index in [1.54, 1.807) is 0 Å². The second-order valence-electron chi connectivity index (χ2n) is 9.75. The third kappa shape index (κ3) is 5.67. The summed E-state index contributed by atoms with van der Waals surface area (Å²) < 4.78 is 41.9. The van der Waals surface area contributed by atoms with Gasteiger partial charge in [-0.3, -0.25) is 9.35 Å². The lowest BCUT2D eigenvalue weighted by atomic mass is 9.28. The topological polar surface area (TPSA) is 131 Å². The molecule has 3 heterocycles. The average molecular weight is 445 g/mol. The Hall–Kier alpha value is -1.33. The summed E-state index contributed by atoms with van der Waals surface area (Å²) in [6.07, 6.45) is 8.35. The molecule has 0 aliphatic carbocycles. The first-order valence-corrected chi connectivity index (χ1v) is 12.7. The van der Waals surface area contributed by atoms with E-state index in [4.69, 9.17) is 13.9 Å². The number of carbonyl (C=O) groups is 2. The minimum Gasteiger partial charge on any atom is -0.673 e. The van der Waals surface area contributed by atoms with Crippen molar-refractivity contribution in [3.8, 4) is 0 Å². The Morgan fingerprint density at radius 3 is 2.40 bits per heavy atom. The first-order valence-electron chi connectivity index (χ1n) is 11.1. The van der Waals surface area contributed by atoms with E-state index >= 15 is 0 Å². The molecule has 0 aromatic carbocycles. The maximum absolute atomic E-state index is 12.5. The van der Waals surface area contributed by atoms with Crippen LogP contribution in [0.25, 0.3) is 0 Å². The summed E-state index contributed by atoms with van der Waals surface area (Å²) in [5.74, 6) is 0.157. The lowest BCUT2D eigenvalue weighted by Crippen LogP contribution is -2.60. The Morgan fingerprint density at radius 1 is 1.23 bits per heavy atom. The molecule has 3 aliphatic rings. The molecule has 3 saturated heterocycles. The van der Waals surface area contributed by atoms with Gasteiger partial charge in [-0.25, -0.2) is 4.79 Å². The Bertz CT molecular complexity index is 736. The van der Waals surface area contributed by atoms with Crippen LogP contribution in [0, 0.1) is 0 Å². The van der Waals surface area contributed by atoms with Gasteiger partial charge < -0.3 is 19.9 Å². The molecule has 2 bridgehead atoms. The number of rotatable bonds is 8. The molecule has 0 aromatic rings. The van der Waals surface area contributed by atoms with Gasteiger partial charge >= 0.3 is 6.09 Å². The van der Waals surface area contributed by atoms with Crippen molar-refractivity contribution in [3.63, 3.8) is 0 Å². The highest BCUT2D eigenvalue weighted by atomic mass is 32.2. The monoisotopic (exact) mass is 445 g/mol. The quantitative estimate of drug-likeness (QED) is 0.295. The van der Waals surface area contributed by atoms with E-state index in [0.717, 1.165) is 32.1 Å². The van der Waals surface area contributed by atoms with Crippen LogP contribution < -0.4 is 10.5 Å². The molecule has 1 amide bonds. The van der Waals surface area contributed by atoms with Crippen molar-refractivity contribution in [2.24, 2.45) is 0 Å². The number of ether oxygens (including phenoxy) is 1. The summed E-state index contributed by atoms with van der Waals surface area (Å²) in [6.45, 7) is 1.94. The second-order valence-corrected chi connectivity index (χ2v) is 11.2. The predicted octanol–water partition coefficient (Wildman–Crippen LogP) is 2.61. The fraction of sp³-hybridized carbons (Fsp3) is 0.895. The molecule has 3 aliphatic heterocycles. The minimum atomic E-state index is -4.24. The van der Waals surface area contributed by atoms with Crippen molar-refractivity contribution in [1.82, 2.24) is 10.5 Å². The molecule has 3 N–H and O–H groups in total. The van der Waals surface area contributed by atoms with Gasteiger partial charge in [0.15, 0.2) is 0 Å². The molecular weight excluding hydrogens is 411 g/mol. The van der Waals surface area contributed by atoms with E-state index in [1.165, 1.54) is 26.7 Å². The van der Waals surface area contributed by atoms with Crippen LogP contribution in [0.15, 0.2) is 0 Å². The van der Waals surface area contributed by atoms with Gasteiger partial charge in [-0.1, -0.05) is 38.5 Å². The SMILES string of the molecule is CC(C)(CS(=O)(=O)O)OC(=O)NCCCC[C@@H]1N[B-]2(OC1=O)C1CCCC2CCC1. The van der Waals surface area contributed by atoms with Crippen LogP contribution in [0.1, 0.15) is 71.6 Å². The molecule has 9 nitrogen and oxygen atoms in total. The summed E-state index contributed by atoms with van der Waals surface area (Å²) >= 11 is 0. The van der Waals surface area contributed by atoms with Crippen LogP contribution >= 0.6 is 0 Å². The molecule has 1 atom stereocenters. The zero-order valence-electron chi connectivity index (χ0n) is 17.9. The third-order valence-electron chi connectivity index (χ3n) is 6.85. The average Bonchev–Trinajstić information content (AvgIpc) is 2.87. The van der Waals surface area contributed by atoms with Gasteiger partial charge in [-0.2, -0.15) is 8.42 Å². The number of nitrogens with one attached hydrogen (secondary N) is 2. The van der Waals surface area contributed by atoms with E-state index in [9.17, 15) is 18.0 Å². The molecule has 0 unspecified atom stereocenters. The lowest BCUT2D eigenvalue weighted by Gasteiger charge is -2.55. The van der Waals surface area contributed by atoms with Crippen LogP contribution in [-0.4, -0.2) is 55.5 Å². The third-order valence-corrected chi connectivity index (χ3v) is 7.91. The van der Waals surface area contributed by atoms with Crippen molar-refractivity contribution in [1.29, 1.82) is 0 Å². The van der Waals surface area contributed by atoms with Gasteiger partial charge in [0, 0.05) is 6.54 Å². The van der Waals surface area contributed by atoms with Crippen molar-refractivity contribution >= 4 is 28.7 Å². The molecule has 3 rings (SSSR count). The van der Waals surface area contributed by atoms with Crippen LogP contribution in [0.5, 0.6) is 0 Å². The maximum atomic E-state index is 12.5.